The number of fused-ring (bicyclic) bond motifs is 1. The first-order valence-corrected chi connectivity index (χ1v) is 12.9. The second-order valence-corrected chi connectivity index (χ2v) is 9.72. The number of halogens is 1. The zero-order valence-corrected chi connectivity index (χ0v) is 20.8. The molecule has 0 spiro atoms. The van der Waals surface area contributed by atoms with Crippen LogP contribution in [-0.4, -0.2) is 38.2 Å². The molecule has 35 heavy (non-hydrogen) atoms. The number of hydrogen-bond donors (Lipinski definition) is 1. The molecule has 1 amide bonds. The topological polar surface area (TPSA) is 83.0 Å². The van der Waals surface area contributed by atoms with Crippen molar-refractivity contribution in [2.45, 2.75) is 12.3 Å². The number of hydrogen-bond acceptors (Lipinski definition) is 6. The van der Waals surface area contributed by atoms with Crippen LogP contribution in [0.15, 0.2) is 87.9 Å². The predicted molar refractivity (Wildman–Crippen MR) is 144 cm³/mol. The number of amides is 1. The van der Waals surface area contributed by atoms with Crippen molar-refractivity contribution < 1.29 is 9.53 Å². The second kappa shape index (κ2) is 10.6. The van der Waals surface area contributed by atoms with Crippen molar-refractivity contribution in [1.29, 1.82) is 5.41 Å². The number of aromatic nitrogens is 1. The molecule has 10 heteroatoms. The van der Waals surface area contributed by atoms with Crippen molar-refractivity contribution in [1.82, 2.24) is 9.47 Å². The van der Waals surface area contributed by atoms with E-state index in [4.69, 9.17) is 21.7 Å². The summed E-state index contributed by atoms with van der Waals surface area (Å²) in [7, 11) is 0. The highest BCUT2D eigenvalue weighted by Gasteiger charge is 2.37. The van der Waals surface area contributed by atoms with Crippen LogP contribution in [0.3, 0.4) is 0 Å². The summed E-state index contributed by atoms with van der Waals surface area (Å²) in [5.41, 5.74) is 2.17. The summed E-state index contributed by atoms with van der Waals surface area (Å²) in [6.45, 7) is 1.01. The summed E-state index contributed by atoms with van der Waals surface area (Å²) in [6.07, 6.45) is 3.62. The third-order valence-electron chi connectivity index (χ3n) is 5.28. The van der Waals surface area contributed by atoms with E-state index < -0.39 is 5.91 Å². The number of thioether (sulfide) groups is 1. The van der Waals surface area contributed by atoms with Gasteiger partial charge in [-0.15, -0.1) is 0 Å². The molecule has 1 aromatic heterocycles. The molecule has 0 bridgehead atoms. The number of ether oxygens (including phenoxy) is 1. The van der Waals surface area contributed by atoms with Gasteiger partial charge in [0.15, 0.2) is 5.17 Å². The fraction of sp³-hybridized carbons (Fsp3) is 0.120. The van der Waals surface area contributed by atoms with E-state index in [1.165, 1.54) is 11.8 Å². The van der Waals surface area contributed by atoms with E-state index in [-0.39, 0.29) is 11.4 Å². The van der Waals surface area contributed by atoms with Crippen LogP contribution in [0.2, 0.25) is 5.02 Å². The minimum atomic E-state index is -0.441. The summed E-state index contributed by atoms with van der Waals surface area (Å²) in [5.74, 6) is 1.08. The third kappa shape index (κ3) is 5.37. The lowest BCUT2D eigenvalue weighted by Gasteiger charge is -2.24. The molecule has 2 aromatic carbocycles. The van der Waals surface area contributed by atoms with Gasteiger partial charge in [0, 0.05) is 22.7 Å². The summed E-state index contributed by atoms with van der Waals surface area (Å²) in [5, 5.41) is 10.5. The number of amidine groups is 3. The van der Waals surface area contributed by atoms with Crippen LogP contribution in [0, 0.1) is 5.41 Å². The van der Waals surface area contributed by atoms with Crippen LogP contribution in [0.1, 0.15) is 11.3 Å². The molecule has 1 N–H and O–H groups in total. The van der Waals surface area contributed by atoms with Gasteiger partial charge in [0.05, 0.1) is 24.1 Å². The molecule has 2 aliphatic rings. The Morgan fingerprint density at radius 2 is 1.89 bits per heavy atom. The highest BCUT2D eigenvalue weighted by atomic mass is 35.5. The van der Waals surface area contributed by atoms with Gasteiger partial charge >= 0.3 is 0 Å². The average molecular weight is 522 g/mol. The molecule has 0 atom stereocenters. The molecule has 3 aromatic rings. The van der Waals surface area contributed by atoms with Crippen molar-refractivity contribution in [2.75, 3.05) is 6.61 Å². The molecule has 176 valence electrons. The quantitative estimate of drug-likeness (QED) is 0.317. The molecule has 0 unspecified atom stereocenters. The monoisotopic (exact) mass is 521 g/mol. The van der Waals surface area contributed by atoms with Gasteiger partial charge in [0.2, 0.25) is 5.17 Å². The zero-order valence-electron chi connectivity index (χ0n) is 18.4. The van der Waals surface area contributed by atoms with Gasteiger partial charge in [-0.3, -0.25) is 10.2 Å². The van der Waals surface area contributed by atoms with Gasteiger partial charge < -0.3 is 9.30 Å². The molecule has 0 saturated carbocycles. The Labute approximate surface area is 216 Å². The predicted octanol–water partition coefficient (Wildman–Crippen LogP) is 5.73. The Hall–Kier alpha value is -3.27. The lowest BCUT2D eigenvalue weighted by molar-refractivity contribution is -0.114. The number of nitrogens with zero attached hydrogens (tertiary/aromatic N) is 4. The first kappa shape index (κ1) is 23.5. The first-order valence-electron chi connectivity index (χ1n) is 10.8. The summed E-state index contributed by atoms with van der Waals surface area (Å²) < 4.78 is 12.2. The van der Waals surface area contributed by atoms with E-state index in [1.807, 2.05) is 65.4 Å². The van der Waals surface area contributed by atoms with Gasteiger partial charge in [-0.2, -0.15) is 9.39 Å². The fourth-order valence-electron chi connectivity index (χ4n) is 3.52. The maximum absolute atomic E-state index is 12.8. The van der Waals surface area contributed by atoms with Gasteiger partial charge in [-0.05, 0) is 48.0 Å². The van der Waals surface area contributed by atoms with Crippen LogP contribution < -0.4 is 4.74 Å². The van der Waals surface area contributed by atoms with Crippen LogP contribution in [-0.2, 0) is 17.1 Å². The maximum Gasteiger partial charge on any atom is 0.283 e. The normalized spacial score (nSPS) is 16.4. The Balaban J connectivity index is 1.28. The zero-order chi connectivity index (χ0) is 24.2. The second-order valence-electron chi connectivity index (χ2n) is 7.61. The molecular formula is C25H20ClN5O2S2. The maximum atomic E-state index is 12.8. The SMILES string of the molecule is N=C1/C(=C/c2cccn2CCOc2ccc(Cl)cc2)C(=O)N=C2SN=C(SCc3ccccc3)N12. The first-order chi connectivity index (χ1) is 17.1. The minimum absolute atomic E-state index is 0.0782. The van der Waals surface area contributed by atoms with Crippen LogP contribution in [0.4, 0.5) is 0 Å². The largest absolute Gasteiger partial charge is 0.492 e. The van der Waals surface area contributed by atoms with E-state index in [0.29, 0.717) is 34.3 Å². The van der Waals surface area contributed by atoms with Crippen LogP contribution >= 0.6 is 35.3 Å². The Morgan fingerprint density at radius 1 is 1.09 bits per heavy atom. The van der Waals surface area contributed by atoms with Crippen molar-refractivity contribution in [3.05, 3.63) is 94.8 Å². The molecular weight excluding hydrogens is 502 g/mol. The highest BCUT2D eigenvalue weighted by Crippen LogP contribution is 2.33. The lowest BCUT2D eigenvalue weighted by atomic mass is 10.1. The minimum Gasteiger partial charge on any atom is -0.492 e. The molecule has 5 rings (SSSR count). The van der Waals surface area contributed by atoms with Gasteiger partial charge in [0.25, 0.3) is 5.91 Å². The molecule has 0 radical (unpaired) electrons. The highest BCUT2D eigenvalue weighted by molar-refractivity contribution is 8.18. The molecule has 3 heterocycles. The number of rotatable bonds is 7. The molecule has 0 aliphatic carbocycles. The molecule has 0 saturated heterocycles. The number of carbonyl (C=O) groups excluding carboxylic acids is 1. The van der Waals surface area contributed by atoms with Crippen molar-refractivity contribution >= 4 is 63.5 Å². The van der Waals surface area contributed by atoms with E-state index in [9.17, 15) is 4.79 Å². The standard InChI is InChI=1S/C25H20ClN5O2S2/c26-18-8-10-20(11-9-18)33-14-13-30-12-4-7-19(30)15-21-22(27)31-24(28-23(21)32)35-29-25(31)34-16-17-5-2-1-3-6-17/h1-12,15,27H,13-14,16H2/b21-15-,27-22?. The van der Waals surface area contributed by atoms with Gasteiger partial charge in [-0.25, -0.2) is 4.90 Å². The number of carbonyl (C=O) groups is 1. The number of benzene rings is 2. The smallest absolute Gasteiger partial charge is 0.283 e. The van der Waals surface area contributed by atoms with E-state index >= 15 is 0 Å². The summed E-state index contributed by atoms with van der Waals surface area (Å²) in [6, 6.07) is 21.1. The lowest BCUT2D eigenvalue weighted by Crippen LogP contribution is -2.41. The third-order valence-corrected chi connectivity index (χ3v) is 7.36. The van der Waals surface area contributed by atoms with Crippen LogP contribution in [0.25, 0.3) is 6.08 Å². The summed E-state index contributed by atoms with van der Waals surface area (Å²) >= 11 is 8.56. The Morgan fingerprint density at radius 3 is 2.69 bits per heavy atom. The van der Waals surface area contributed by atoms with Crippen LogP contribution in [0.5, 0.6) is 5.75 Å². The molecule has 2 aliphatic heterocycles. The fourth-order valence-corrected chi connectivity index (χ4v) is 5.45. The number of aliphatic imine (C=N–C) groups is 1. The van der Waals surface area contributed by atoms with Crippen molar-refractivity contribution in [3.63, 3.8) is 0 Å². The summed E-state index contributed by atoms with van der Waals surface area (Å²) in [4.78, 5) is 18.6. The van der Waals surface area contributed by atoms with E-state index in [0.717, 1.165) is 29.0 Å². The molecule has 7 nitrogen and oxygen atoms in total. The van der Waals surface area contributed by atoms with E-state index in [1.54, 1.807) is 23.1 Å². The Kier molecular flexibility index (Phi) is 7.08. The number of nitrogens with one attached hydrogen (secondary N) is 1. The van der Waals surface area contributed by atoms with Crippen molar-refractivity contribution in [2.24, 2.45) is 9.39 Å². The van der Waals surface area contributed by atoms with Crippen molar-refractivity contribution in [3.8, 4) is 5.75 Å². The average Bonchev–Trinajstić information content (AvgIpc) is 3.49. The van der Waals surface area contributed by atoms with E-state index in [2.05, 4.69) is 9.39 Å². The Bertz CT molecular complexity index is 1350. The van der Waals surface area contributed by atoms with Gasteiger partial charge in [0.1, 0.15) is 18.2 Å². The van der Waals surface area contributed by atoms with Gasteiger partial charge in [-0.1, -0.05) is 53.7 Å². The molecule has 0 fully saturated rings.